The van der Waals surface area contributed by atoms with Crippen molar-refractivity contribution in [2.24, 2.45) is 0 Å². The quantitative estimate of drug-likeness (QED) is 0.640. The number of benzene rings is 1. The Morgan fingerprint density at radius 3 is 3.00 bits per heavy atom. The topological polar surface area (TPSA) is 67.3 Å². The maximum Gasteiger partial charge on any atom is 0.116 e. The van der Waals surface area contributed by atoms with Crippen LogP contribution >= 0.6 is 0 Å². The van der Waals surface area contributed by atoms with Crippen LogP contribution in [0.5, 0.6) is 0 Å². The van der Waals surface area contributed by atoms with E-state index < -0.39 is 0 Å². The molecule has 0 amide bonds. The number of H-pyrrole nitrogens is 1. The summed E-state index contributed by atoms with van der Waals surface area (Å²) in [6.45, 7) is 0. The van der Waals surface area contributed by atoms with Gasteiger partial charge in [-0.3, -0.25) is 0 Å². The van der Waals surface area contributed by atoms with Crippen LogP contribution < -0.4 is 0 Å². The molecule has 0 aliphatic heterocycles. The molecule has 5 nitrogen and oxygen atoms in total. The second kappa shape index (κ2) is 3.13. The largest absolute Gasteiger partial charge is 0.244 e. The first-order chi connectivity index (χ1) is 7.43. The van der Waals surface area contributed by atoms with E-state index in [2.05, 4.69) is 25.4 Å². The van der Waals surface area contributed by atoms with Gasteiger partial charge in [-0.1, -0.05) is 6.07 Å². The predicted octanol–water partition coefficient (Wildman–Crippen LogP) is 1.41. The van der Waals surface area contributed by atoms with Crippen molar-refractivity contribution in [2.45, 2.75) is 0 Å². The third kappa shape index (κ3) is 1.34. The lowest BCUT2D eigenvalue weighted by Gasteiger charge is -1.98. The molecule has 1 N–H and O–H groups in total. The molecule has 3 rings (SSSR count). The highest BCUT2D eigenvalue weighted by Gasteiger charge is 2.02. The molecule has 2 aromatic heterocycles. The number of aromatic amines is 1. The average molecular weight is 197 g/mol. The molecule has 0 unspecified atom stereocenters. The van der Waals surface area contributed by atoms with E-state index in [0.717, 1.165) is 22.2 Å². The number of nitrogens with zero attached hydrogens (tertiary/aromatic N) is 4. The molecule has 0 bridgehead atoms. The van der Waals surface area contributed by atoms with Crippen LogP contribution in [-0.2, 0) is 0 Å². The van der Waals surface area contributed by atoms with Crippen LogP contribution in [0.4, 0.5) is 0 Å². The molecule has 0 saturated carbocycles. The molecule has 0 aliphatic rings. The van der Waals surface area contributed by atoms with Crippen LogP contribution in [0.2, 0.25) is 0 Å². The molecule has 5 heteroatoms. The lowest BCUT2D eigenvalue weighted by atomic mass is 10.1. The Morgan fingerprint density at radius 2 is 2.13 bits per heavy atom. The monoisotopic (exact) mass is 197 g/mol. The van der Waals surface area contributed by atoms with Crippen molar-refractivity contribution in [1.82, 2.24) is 25.4 Å². The summed E-state index contributed by atoms with van der Waals surface area (Å²) in [6.07, 6.45) is 5.01. The summed E-state index contributed by atoms with van der Waals surface area (Å²) in [4.78, 5) is 8.13. The summed E-state index contributed by atoms with van der Waals surface area (Å²) in [5, 5.41) is 11.4. The van der Waals surface area contributed by atoms with E-state index in [0.29, 0.717) is 0 Å². The molecule has 0 fully saturated rings. The van der Waals surface area contributed by atoms with Crippen molar-refractivity contribution in [3.8, 4) is 11.3 Å². The van der Waals surface area contributed by atoms with Gasteiger partial charge in [0.15, 0.2) is 0 Å². The normalized spacial score (nSPS) is 10.7. The number of aromatic nitrogens is 5. The van der Waals surface area contributed by atoms with Crippen LogP contribution in [0.1, 0.15) is 0 Å². The van der Waals surface area contributed by atoms with Gasteiger partial charge in [0, 0.05) is 17.1 Å². The summed E-state index contributed by atoms with van der Waals surface area (Å²) in [5.41, 5.74) is 2.75. The first kappa shape index (κ1) is 8.05. The van der Waals surface area contributed by atoms with E-state index in [1.165, 1.54) is 6.33 Å². The van der Waals surface area contributed by atoms with E-state index in [1.54, 1.807) is 12.4 Å². The van der Waals surface area contributed by atoms with Crippen molar-refractivity contribution < 1.29 is 0 Å². The Morgan fingerprint density at radius 1 is 1.13 bits per heavy atom. The zero-order valence-electron chi connectivity index (χ0n) is 7.75. The molecule has 0 saturated heterocycles. The van der Waals surface area contributed by atoms with Gasteiger partial charge in [0.2, 0.25) is 0 Å². The Labute approximate surface area is 85.2 Å². The first-order valence-electron chi connectivity index (χ1n) is 4.49. The average Bonchev–Trinajstić information content (AvgIpc) is 2.82. The number of rotatable bonds is 1. The van der Waals surface area contributed by atoms with Gasteiger partial charge in [-0.2, -0.15) is 15.4 Å². The molecule has 2 heterocycles. The molecular formula is C10H7N5. The number of fused-ring (bicyclic) bond motifs is 1. The van der Waals surface area contributed by atoms with Gasteiger partial charge >= 0.3 is 0 Å². The van der Waals surface area contributed by atoms with Crippen LogP contribution in [0.25, 0.3) is 22.2 Å². The van der Waals surface area contributed by atoms with Gasteiger partial charge in [0.25, 0.3) is 0 Å². The number of hydrogen-bond acceptors (Lipinski definition) is 4. The molecule has 0 atom stereocenters. The Balaban J connectivity index is 2.22. The van der Waals surface area contributed by atoms with E-state index in [9.17, 15) is 0 Å². The minimum absolute atomic E-state index is 0.820. The molecule has 72 valence electrons. The first-order valence-corrected chi connectivity index (χ1v) is 4.49. The standard InChI is InChI=1S/C10H7N5/c1-2-9-8(4-11-6-12-9)3-7(1)10-5-13-15-14-10/h1-6H,(H,13,14,15). The highest BCUT2D eigenvalue weighted by molar-refractivity contribution is 5.82. The van der Waals surface area contributed by atoms with Crippen molar-refractivity contribution in [3.63, 3.8) is 0 Å². The second-order valence-electron chi connectivity index (χ2n) is 3.15. The molecule has 0 radical (unpaired) electrons. The van der Waals surface area contributed by atoms with Gasteiger partial charge in [-0.15, -0.1) is 0 Å². The number of nitrogens with one attached hydrogen (secondary N) is 1. The summed E-state index contributed by atoms with van der Waals surface area (Å²) in [5.74, 6) is 0. The maximum atomic E-state index is 4.15. The molecule has 3 aromatic rings. The molecule has 15 heavy (non-hydrogen) atoms. The fourth-order valence-electron chi connectivity index (χ4n) is 1.48. The van der Waals surface area contributed by atoms with Gasteiger partial charge in [-0.25, -0.2) is 9.97 Å². The third-order valence-corrected chi connectivity index (χ3v) is 2.22. The summed E-state index contributed by atoms with van der Waals surface area (Å²) in [6, 6.07) is 5.90. The molecule has 0 spiro atoms. The molecular weight excluding hydrogens is 190 g/mol. The fourth-order valence-corrected chi connectivity index (χ4v) is 1.48. The molecule has 1 aromatic carbocycles. The van der Waals surface area contributed by atoms with Gasteiger partial charge in [-0.05, 0) is 12.1 Å². The van der Waals surface area contributed by atoms with Crippen LogP contribution in [-0.4, -0.2) is 25.4 Å². The van der Waals surface area contributed by atoms with Crippen molar-refractivity contribution in [3.05, 3.63) is 36.9 Å². The van der Waals surface area contributed by atoms with Crippen LogP contribution in [0, 0.1) is 0 Å². The Kier molecular flexibility index (Phi) is 1.68. The zero-order chi connectivity index (χ0) is 10.1. The number of hydrogen-bond donors (Lipinski definition) is 1. The highest BCUT2D eigenvalue weighted by atomic mass is 15.3. The maximum absolute atomic E-state index is 4.15. The van der Waals surface area contributed by atoms with Crippen LogP contribution in [0.15, 0.2) is 36.9 Å². The fraction of sp³-hybridized carbons (Fsp3) is 0. The highest BCUT2D eigenvalue weighted by Crippen LogP contribution is 2.19. The molecule has 0 aliphatic carbocycles. The van der Waals surface area contributed by atoms with E-state index in [4.69, 9.17) is 0 Å². The second-order valence-corrected chi connectivity index (χ2v) is 3.15. The van der Waals surface area contributed by atoms with Crippen molar-refractivity contribution in [2.75, 3.05) is 0 Å². The minimum Gasteiger partial charge on any atom is -0.244 e. The van der Waals surface area contributed by atoms with E-state index in [-0.39, 0.29) is 0 Å². The summed E-state index contributed by atoms with van der Waals surface area (Å²) >= 11 is 0. The van der Waals surface area contributed by atoms with E-state index >= 15 is 0 Å². The van der Waals surface area contributed by atoms with Gasteiger partial charge in [0.1, 0.15) is 12.0 Å². The smallest absolute Gasteiger partial charge is 0.116 e. The van der Waals surface area contributed by atoms with Crippen molar-refractivity contribution in [1.29, 1.82) is 0 Å². The minimum atomic E-state index is 0.820. The SMILES string of the molecule is c1ncc2cc(-c3cn[nH]n3)ccc2n1. The summed E-state index contributed by atoms with van der Waals surface area (Å²) < 4.78 is 0. The summed E-state index contributed by atoms with van der Waals surface area (Å²) in [7, 11) is 0. The lowest BCUT2D eigenvalue weighted by Crippen LogP contribution is -1.83. The van der Waals surface area contributed by atoms with E-state index in [1.807, 2.05) is 18.2 Å². The predicted molar refractivity (Wildman–Crippen MR) is 54.9 cm³/mol. The Hall–Kier alpha value is -2.30. The Bertz CT molecular complexity index is 588. The zero-order valence-corrected chi connectivity index (χ0v) is 7.75. The van der Waals surface area contributed by atoms with Crippen LogP contribution in [0.3, 0.4) is 0 Å². The van der Waals surface area contributed by atoms with Gasteiger partial charge in [0.05, 0.1) is 11.7 Å². The third-order valence-electron chi connectivity index (χ3n) is 2.22. The lowest BCUT2D eigenvalue weighted by molar-refractivity contribution is 0.942. The van der Waals surface area contributed by atoms with Gasteiger partial charge < -0.3 is 0 Å². The van der Waals surface area contributed by atoms with Crippen molar-refractivity contribution >= 4 is 10.9 Å².